The van der Waals surface area contributed by atoms with Gasteiger partial charge in [0.1, 0.15) is 21.7 Å². The van der Waals surface area contributed by atoms with E-state index in [4.69, 9.17) is 30.5 Å². The second kappa shape index (κ2) is 19.5. The van der Waals surface area contributed by atoms with E-state index in [2.05, 4.69) is 50.5 Å². The van der Waals surface area contributed by atoms with Crippen LogP contribution in [0.25, 0.3) is 31.8 Å². The van der Waals surface area contributed by atoms with E-state index in [0.29, 0.717) is 79.8 Å². The van der Waals surface area contributed by atoms with Gasteiger partial charge in [0, 0.05) is 51.1 Å². The van der Waals surface area contributed by atoms with Crippen molar-refractivity contribution >= 4 is 93.3 Å². The lowest BCUT2D eigenvalue weighted by atomic mass is 10.1. The highest BCUT2D eigenvalue weighted by molar-refractivity contribution is 7.91. The number of aromatic amines is 2. The van der Waals surface area contributed by atoms with E-state index >= 15 is 0 Å². The third kappa shape index (κ3) is 11.0. The number of aryl methyl sites for hydroxylation is 2. The van der Waals surface area contributed by atoms with Crippen molar-refractivity contribution in [1.82, 2.24) is 39.5 Å². The summed E-state index contributed by atoms with van der Waals surface area (Å²) in [5.74, 6) is 0.447. The Bertz CT molecular complexity index is 3440. The molecule has 8 rings (SSSR count). The summed E-state index contributed by atoms with van der Waals surface area (Å²) in [6.07, 6.45) is 5.56. The second-order valence-electron chi connectivity index (χ2n) is 13.7. The number of halogens is 1. The predicted molar refractivity (Wildman–Crippen MR) is 248 cm³/mol. The van der Waals surface area contributed by atoms with Crippen molar-refractivity contribution in [2.24, 2.45) is 14.1 Å². The van der Waals surface area contributed by atoms with Crippen LogP contribution in [0.3, 0.4) is 0 Å². The number of H-pyrrole nitrogens is 2. The minimum absolute atomic E-state index is 0. The molecule has 0 bridgehead atoms. The first-order valence-electron chi connectivity index (χ1n) is 18.2. The Kier molecular flexibility index (Phi) is 14.4. The molecule has 0 atom stereocenters. The third-order valence-corrected chi connectivity index (χ3v) is 11.5. The molecule has 0 aliphatic rings. The smallest absolute Gasteiger partial charge is 0.277 e. The molecule has 64 heavy (non-hydrogen) atoms. The lowest BCUT2D eigenvalue weighted by molar-refractivity contribution is 0.600. The first kappa shape index (κ1) is 47.2. The van der Waals surface area contributed by atoms with Gasteiger partial charge in [-0.2, -0.15) is 0 Å². The van der Waals surface area contributed by atoms with Crippen LogP contribution in [0.4, 0.5) is 39.9 Å². The number of aromatic nitrogens is 8. The zero-order valence-corrected chi connectivity index (χ0v) is 36.1. The van der Waals surface area contributed by atoms with Gasteiger partial charge in [-0.25, -0.2) is 36.5 Å². The van der Waals surface area contributed by atoms with Crippen LogP contribution in [-0.4, -0.2) is 68.8 Å². The topological polar surface area (TPSA) is 254 Å². The van der Waals surface area contributed by atoms with Crippen LogP contribution in [0.5, 0.6) is 0 Å². The third-order valence-electron chi connectivity index (χ3n) is 8.96. The highest BCUT2D eigenvalue weighted by atomic mass is 35.5. The number of nitrogens with two attached hydrogens (primary N) is 1. The van der Waals surface area contributed by atoms with Gasteiger partial charge in [0.05, 0.1) is 51.4 Å². The maximum atomic E-state index is 12.7. The summed E-state index contributed by atoms with van der Waals surface area (Å²) in [5, 5.41) is 12.6. The molecular formula is C42H40ClN13O6S2. The molecule has 328 valence electrons. The zero-order valence-electron chi connectivity index (χ0n) is 33.7. The van der Waals surface area contributed by atoms with E-state index in [1.807, 2.05) is 0 Å². The summed E-state index contributed by atoms with van der Waals surface area (Å²) < 4.78 is 50.8. The molecule has 2 aromatic carbocycles. The number of hydrogen-bond donors (Lipinski definition) is 5. The molecule has 0 aliphatic heterocycles. The summed E-state index contributed by atoms with van der Waals surface area (Å²) in [6.45, 7) is 13.6. The normalized spacial score (nSPS) is 10.9. The highest BCUT2D eigenvalue weighted by Gasteiger charge is 2.19. The van der Waals surface area contributed by atoms with Gasteiger partial charge < -0.3 is 16.4 Å². The van der Waals surface area contributed by atoms with Crippen LogP contribution in [-0.2, 0) is 40.2 Å². The van der Waals surface area contributed by atoms with Crippen LogP contribution in [0.15, 0.2) is 117 Å². The quantitative estimate of drug-likeness (QED) is 0.0773. The number of rotatable bonds is 8. The predicted octanol–water partition coefficient (Wildman–Crippen LogP) is 6.86. The van der Waals surface area contributed by atoms with Crippen LogP contribution in [0.2, 0.25) is 5.15 Å². The van der Waals surface area contributed by atoms with Crippen molar-refractivity contribution < 1.29 is 16.8 Å². The molecule has 0 radical (unpaired) electrons. The molecule has 6 N–H and O–H groups in total. The van der Waals surface area contributed by atoms with Gasteiger partial charge in [-0.1, -0.05) is 61.5 Å². The van der Waals surface area contributed by atoms with Crippen molar-refractivity contribution in [2.75, 3.05) is 28.9 Å². The summed E-state index contributed by atoms with van der Waals surface area (Å²) in [5.41, 5.74) is 9.24. The Labute approximate surface area is 372 Å². The van der Waals surface area contributed by atoms with Gasteiger partial charge in [-0.15, -0.1) is 0 Å². The summed E-state index contributed by atoms with van der Waals surface area (Å²) >= 11 is 5.98. The number of para-hydroxylation sites is 2. The molecule has 0 fully saturated rings. The van der Waals surface area contributed by atoms with Crippen LogP contribution >= 0.6 is 11.6 Å². The minimum atomic E-state index is -3.48. The van der Waals surface area contributed by atoms with Crippen molar-refractivity contribution in [2.45, 2.75) is 23.6 Å². The van der Waals surface area contributed by atoms with Crippen molar-refractivity contribution in [3.05, 3.63) is 157 Å². The number of benzene rings is 2. The maximum Gasteiger partial charge on any atom is 0.277 e. The maximum absolute atomic E-state index is 12.7. The fourth-order valence-electron chi connectivity index (χ4n) is 6.06. The first-order chi connectivity index (χ1) is 29.9. The van der Waals surface area contributed by atoms with Gasteiger partial charge >= 0.3 is 0 Å². The van der Waals surface area contributed by atoms with E-state index in [1.165, 1.54) is 40.0 Å². The van der Waals surface area contributed by atoms with Crippen molar-refractivity contribution in [1.29, 1.82) is 0 Å². The standard InChI is InChI=1S/C21H18N6O3S.C14H13ClN4O3S.C6H5N3.CH4/c1-22-14-9-8-13(23-12-14)10-15-11-17(19-20(24-15)26-27(2)21(19)28)25-16-6-4-5-7-18(16)31(3,29)30;1-19-14(20)12-9(7-11(15)17-13(12)18-19)16-8-5-3-4-6-10(8)23(2,21)22;1-8-5-2-3-6(7)9-4-5;/h4-9,11-12H,10H2,2-3H3,(H2,24,25,26);3-7H,1-2H3,(H2,16,17,18);2-4H,(H2,7,9);1H4. The Hall–Kier alpha value is -7.85. The molecule has 22 heteroatoms. The second-order valence-corrected chi connectivity index (χ2v) is 18.0. The monoisotopic (exact) mass is 921 g/mol. The molecule has 0 aliphatic carbocycles. The molecule has 19 nitrogen and oxygen atoms in total. The Morgan fingerprint density at radius 2 is 1.14 bits per heavy atom. The van der Waals surface area contributed by atoms with Gasteiger partial charge in [0.2, 0.25) is 11.4 Å². The molecule has 6 heterocycles. The van der Waals surface area contributed by atoms with Crippen LogP contribution in [0, 0.1) is 13.1 Å². The Balaban J connectivity index is 0.000000204. The van der Waals surface area contributed by atoms with E-state index < -0.39 is 19.7 Å². The number of anilines is 5. The van der Waals surface area contributed by atoms with Crippen LogP contribution in [0.1, 0.15) is 18.8 Å². The van der Waals surface area contributed by atoms with Gasteiger partial charge in [-0.3, -0.25) is 39.1 Å². The number of hydrogen-bond acceptors (Lipinski definition) is 13. The highest BCUT2D eigenvalue weighted by Crippen LogP contribution is 2.31. The molecular weight excluding hydrogens is 882 g/mol. The molecule has 0 spiro atoms. The average molecular weight is 922 g/mol. The van der Waals surface area contributed by atoms with E-state index in [-0.39, 0.29) is 33.5 Å². The van der Waals surface area contributed by atoms with Gasteiger partial charge in [0.25, 0.3) is 11.1 Å². The Morgan fingerprint density at radius 1 is 0.672 bits per heavy atom. The number of fused-ring (bicyclic) bond motifs is 2. The average Bonchev–Trinajstić information content (AvgIpc) is 3.69. The summed E-state index contributed by atoms with van der Waals surface area (Å²) in [6, 6.07) is 22.8. The molecule has 0 saturated heterocycles. The van der Waals surface area contributed by atoms with E-state index in [9.17, 15) is 26.4 Å². The Morgan fingerprint density at radius 3 is 1.59 bits per heavy atom. The number of nitrogens with one attached hydrogen (secondary N) is 4. The number of pyridine rings is 4. The lowest BCUT2D eigenvalue weighted by Gasteiger charge is -2.12. The number of nitrogens with zero attached hydrogens (tertiary/aromatic N) is 8. The molecule has 0 unspecified atom stereocenters. The summed E-state index contributed by atoms with van der Waals surface area (Å²) in [4.78, 5) is 48.2. The number of sulfone groups is 2. The fourth-order valence-corrected chi connectivity index (χ4v) is 7.94. The largest absolute Gasteiger partial charge is 0.384 e. The van der Waals surface area contributed by atoms with E-state index in [0.717, 1.165) is 12.5 Å². The minimum Gasteiger partial charge on any atom is -0.384 e. The fraction of sp³-hybridized carbons (Fsp3) is 0.143. The van der Waals surface area contributed by atoms with Gasteiger partial charge in [0.15, 0.2) is 31.0 Å². The molecule has 8 aromatic rings. The SMILES string of the molecule is C.Cn1[nH]c2nc(Cl)cc(Nc3ccccc3S(C)(=O)=O)c2c1=O.[C-]#[N+]c1ccc(Cc2cc(Nc3ccccc3S(C)(=O)=O)c3c(=O)n(C)[nH]c3n2)nc1.[C-]#[N+]c1ccc(N)nc1. The van der Waals surface area contributed by atoms with E-state index in [1.54, 1.807) is 80.8 Å². The first-order valence-corrected chi connectivity index (χ1v) is 22.4. The molecule has 0 saturated carbocycles. The zero-order chi connectivity index (χ0) is 45.6. The molecule has 0 amide bonds. The van der Waals surface area contributed by atoms with Crippen molar-refractivity contribution in [3.8, 4) is 0 Å². The summed E-state index contributed by atoms with van der Waals surface area (Å²) in [7, 11) is -3.76. The van der Waals surface area contributed by atoms with Crippen LogP contribution < -0.4 is 27.5 Å². The lowest BCUT2D eigenvalue weighted by Crippen LogP contribution is -2.12. The van der Waals surface area contributed by atoms with Gasteiger partial charge in [-0.05, 0) is 42.5 Å². The molecule has 6 aromatic heterocycles. The number of nitrogen functional groups attached to an aromatic ring is 1. The van der Waals surface area contributed by atoms with Crippen molar-refractivity contribution in [3.63, 3.8) is 0 Å².